The molecule has 0 spiro atoms. The number of carboxylic acid groups (broad SMARTS) is 1. The average molecular weight is 421 g/mol. The molecule has 6 nitrogen and oxygen atoms in total. The molecule has 0 N–H and O–H groups in total. The fraction of sp³-hybridized carbons (Fsp3) is 0.591. The Labute approximate surface area is 172 Å². The van der Waals surface area contributed by atoms with Crippen molar-refractivity contribution in [1.82, 2.24) is 0 Å². The molecule has 8 heteroatoms. The molecule has 1 aromatic carbocycles. The van der Waals surface area contributed by atoms with E-state index < -0.39 is 41.0 Å². The van der Waals surface area contributed by atoms with Crippen molar-refractivity contribution in [2.45, 2.75) is 63.1 Å². The minimum Gasteiger partial charge on any atom is -0.544 e. The highest BCUT2D eigenvalue weighted by atomic mass is 19.3. The van der Waals surface area contributed by atoms with E-state index in [-0.39, 0.29) is 23.8 Å². The third-order valence-electron chi connectivity index (χ3n) is 6.73. The van der Waals surface area contributed by atoms with E-state index in [9.17, 15) is 28.3 Å². The van der Waals surface area contributed by atoms with Gasteiger partial charge in [0.1, 0.15) is 11.6 Å². The number of ether oxygens (including phenoxy) is 2. The van der Waals surface area contributed by atoms with Crippen molar-refractivity contribution in [2.75, 3.05) is 0 Å². The Morgan fingerprint density at radius 2 is 1.70 bits per heavy atom. The van der Waals surface area contributed by atoms with Crippen LogP contribution in [0.4, 0.5) is 8.78 Å². The lowest BCUT2D eigenvalue weighted by Crippen LogP contribution is -2.60. The van der Waals surface area contributed by atoms with Crippen LogP contribution in [0.25, 0.3) is 0 Å². The van der Waals surface area contributed by atoms with Crippen LogP contribution in [0.5, 0.6) is 0 Å². The predicted octanol–water partition coefficient (Wildman–Crippen LogP) is 2.56. The van der Waals surface area contributed by atoms with Gasteiger partial charge in [-0.1, -0.05) is 30.3 Å². The van der Waals surface area contributed by atoms with Crippen molar-refractivity contribution < 1.29 is 37.7 Å². The zero-order valence-corrected chi connectivity index (χ0v) is 16.6. The lowest BCUT2D eigenvalue weighted by atomic mass is 9.48. The zero-order chi connectivity index (χ0) is 21.7. The van der Waals surface area contributed by atoms with Crippen molar-refractivity contribution in [3.05, 3.63) is 35.9 Å². The van der Waals surface area contributed by atoms with Gasteiger partial charge in [-0.25, -0.2) is 0 Å². The van der Waals surface area contributed by atoms with Crippen molar-refractivity contribution >= 4 is 17.9 Å². The van der Waals surface area contributed by atoms with E-state index in [2.05, 4.69) is 0 Å². The summed E-state index contributed by atoms with van der Waals surface area (Å²) < 4.78 is 39.8. The van der Waals surface area contributed by atoms with Gasteiger partial charge in [-0.05, 0) is 49.5 Å². The molecule has 1 aromatic rings. The molecule has 0 aromatic heterocycles. The van der Waals surface area contributed by atoms with E-state index >= 15 is 0 Å². The van der Waals surface area contributed by atoms with Gasteiger partial charge < -0.3 is 19.4 Å². The smallest absolute Gasteiger partial charge is 0.327 e. The number of benzene rings is 1. The highest BCUT2D eigenvalue weighted by Gasteiger charge is 2.63. The van der Waals surface area contributed by atoms with Crippen molar-refractivity contribution in [3.63, 3.8) is 0 Å². The van der Waals surface area contributed by atoms with Crippen LogP contribution in [-0.2, 0) is 23.9 Å². The summed E-state index contributed by atoms with van der Waals surface area (Å²) in [6.07, 6.45) is 1.03. The Morgan fingerprint density at radius 1 is 1.10 bits per heavy atom. The number of carbonyl (C=O) groups excluding carboxylic acids is 3. The number of halogens is 2. The second kappa shape index (κ2) is 7.03. The Hall–Kier alpha value is -2.51. The molecule has 4 fully saturated rings. The molecule has 162 valence electrons. The summed E-state index contributed by atoms with van der Waals surface area (Å²) in [7, 11) is 0. The van der Waals surface area contributed by atoms with Crippen LogP contribution in [0.3, 0.4) is 0 Å². The second-order valence-corrected chi connectivity index (χ2v) is 9.12. The average Bonchev–Trinajstić information content (AvgIpc) is 2.64. The molecule has 0 radical (unpaired) electrons. The number of aliphatic carboxylic acids is 1. The molecule has 30 heavy (non-hydrogen) atoms. The van der Waals surface area contributed by atoms with Crippen molar-refractivity contribution in [3.8, 4) is 0 Å². The summed E-state index contributed by atoms with van der Waals surface area (Å²) in [4.78, 5) is 36.1. The predicted molar refractivity (Wildman–Crippen MR) is 96.8 cm³/mol. The minimum absolute atomic E-state index is 0.125. The first-order chi connectivity index (χ1) is 14.1. The van der Waals surface area contributed by atoms with Gasteiger partial charge in [0.05, 0.1) is 5.41 Å². The molecule has 3 unspecified atom stereocenters. The molecular weight excluding hydrogens is 398 g/mol. The Balaban J connectivity index is 1.64. The van der Waals surface area contributed by atoms with E-state index in [1.54, 1.807) is 6.07 Å². The SMILES string of the molecule is CC(=O)OC12CC3CC(C1)CC(C(=O)OC(c1ccccc1)C(F)(F)C(=O)[O-])(C3)C2. The van der Waals surface area contributed by atoms with E-state index in [4.69, 9.17) is 9.47 Å². The lowest BCUT2D eigenvalue weighted by Gasteiger charge is -2.59. The highest BCUT2D eigenvalue weighted by Crippen LogP contribution is 2.63. The molecular formula is C22H23F2O6-. The van der Waals surface area contributed by atoms with Gasteiger partial charge in [0.15, 0.2) is 6.10 Å². The molecule has 0 saturated heterocycles. The number of hydrogen-bond acceptors (Lipinski definition) is 6. The Kier molecular flexibility index (Phi) is 4.86. The van der Waals surface area contributed by atoms with Crippen LogP contribution in [-0.4, -0.2) is 29.4 Å². The number of carboxylic acids is 1. The molecule has 4 saturated carbocycles. The van der Waals surface area contributed by atoms with E-state index in [0.717, 1.165) is 6.42 Å². The number of rotatable bonds is 6. The van der Waals surface area contributed by atoms with Gasteiger partial charge in [0.2, 0.25) is 0 Å². The van der Waals surface area contributed by atoms with Gasteiger partial charge in [-0.2, -0.15) is 8.78 Å². The highest BCUT2D eigenvalue weighted by molar-refractivity contribution is 5.80. The third-order valence-corrected chi connectivity index (χ3v) is 6.73. The summed E-state index contributed by atoms with van der Waals surface area (Å²) in [6.45, 7) is 1.31. The topological polar surface area (TPSA) is 92.7 Å². The Bertz CT molecular complexity index is 854. The maximum Gasteiger partial charge on any atom is 0.327 e. The van der Waals surface area contributed by atoms with Gasteiger partial charge in [0.25, 0.3) is 0 Å². The van der Waals surface area contributed by atoms with E-state index in [1.807, 2.05) is 0 Å². The van der Waals surface area contributed by atoms with Crippen LogP contribution in [0, 0.1) is 17.3 Å². The van der Waals surface area contributed by atoms with Crippen LogP contribution in [0.1, 0.15) is 57.1 Å². The number of hydrogen-bond donors (Lipinski definition) is 0. The second-order valence-electron chi connectivity index (χ2n) is 9.12. The minimum atomic E-state index is -4.40. The summed E-state index contributed by atoms with van der Waals surface area (Å²) in [6, 6.07) is 7.08. The van der Waals surface area contributed by atoms with Crippen LogP contribution < -0.4 is 5.11 Å². The molecule has 4 aliphatic rings. The number of alkyl halides is 2. The number of esters is 2. The standard InChI is InChI=1S/C22H24F2O6/c1-13(25)30-21-10-14-7-15(11-21)9-20(8-14,12-21)19(28)29-17(22(23,24)18(26)27)16-5-3-2-4-6-16/h2-6,14-15,17H,7-12H2,1H3,(H,26,27)/p-1. The molecule has 0 amide bonds. The lowest BCUT2D eigenvalue weighted by molar-refractivity contribution is -0.337. The van der Waals surface area contributed by atoms with Crippen LogP contribution in [0.2, 0.25) is 0 Å². The molecule has 4 bridgehead atoms. The van der Waals surface area contributed by atoms with Crippen LogP contribution >= 0.6 is 0 Å². The first-order valence-corrected chi connectivity index (χ1v) is 10.1. The number of carbonyl (C=O) groups is 3. The summed E-state index contributed by atoms with van der Waals surface area (Å²) in [5.41, 5.74) is -1.97. The maximum atomic E-state index is 14.5. The largest absolute Gasteiger partial charge is 0.544 e. The molecule has 5 rings (SSSR count). The van der Waals surface area contributed by atoms with Gasteiger partial charge in [-0.3, -0.25) is 9.59 Å². The fourth-order valence-electron chi connectivity index (χ4n) is 6.16. The zero-order valence-electron chi connectivity index (χ0n) is 16.6. The van der Waals surface area contributed by atoms with Gasteiger partial charge in [-0.15, -0.1) is 0 Å². The first-order valence-electron chi connectivity index (χ1n) is 10.1. The van der Waals surface area contributed by atoms with Gasteiger partial charge in [0, 0.05) is 13.3 Å². The summed E-state index contributed by atoms with van der Waals surface area (Å²) >= 11 is 0. The van der Waals surface area contributed by atoms with Gasteiger partial charge >= 0.3 is 17.9 Å². The van der Waals surface area contributed by atoms with E-state index in [0.29, 0.717) is 25.7 Å². The molecule has 0 aliphatic heterocycles. The molecule has 3 atom stereocenters. The first kappa shape index (κ1) is 20.8. The summed E-state index contributed by atoms with van der Waals surface area (Å²) in [5.74, 6) is -8.03. The Morgan fingerprint density at radius 3 is 2.23 bits per heavy atom. The monoisotopic (exact) mass is 421 g/mol. The van der Waals surface area contributed by atoms with Crippen molar-refractivity contribution in [2.24, 2.45) is 17.3 Å². The normalized spacial score (nSPS) is 33.0. The quantitative estimate of drug-likeness (QED) is 0.656. The maximum absolute atomic E-state index is 14.5. The molecule has 0 heterocycles. The van der Waals surface area contributed by atoms with Crippen molar-refractivity contribution in [1.29, 1.82) is 0 Å². The molecule has 4 aliphatic carbocycles. The summed E-state index contributed by atoms with van der Waals surface area (Å²) in [5, 5.41) is 11.1. The fourth-order valence-corrected chi connectivity index (χ4v) is 6.16. The van der Waals surface area contributed by atoms with E-state index in [1.165, 1.54) is 31.2 Å². The third kappa shape index (κ3) is 3.46. The van der Waals surface area contributed by atoms with Crippen LogP contribution in [0.15, 0.2) is 30.3 Å².